The molecule has 0 aromatic rings. The van der Waals surface area contributed by atoms with Crippen LogP contribution in [0.3, 0.4) is 0 Å². The van der Waals surface area contributed by atoms with E-state index in [2.05, 4.69) is 4.90 Å². The van der Waals surface area contributed by atoms with Crippen molar-refractivity contribution in [2.75, 3.05) is 6.54 Å². The van der Waals surface area contributed by atoms with E-state index >= 15 is 0 Å². The number of rotatable bonds is 1. The summed E-state index contributed by atoms with van der Waals surface area (Å²) in [7, 11) is 0. The Bertz CT molecular complexity index is 339. The van der Waals surface area contributed by atoms with Gasteiger partial charge in [-0.15, -0.1) is 0 Å². The van der Waals surface area contributed by atoms with Crippen molar-refractivity contribution in [2.45, 2.75) is 50.6 Å². The molecule has 2 fully saturated rings. The van der Waals surface area contributed by atoms with Gasteiger partial charge in [-0.25, -0.2) is 0 Å². The van der Waals surface area contributed by atoms with E-state index in [1.54, 1.807) is 0 Å². The third-order valence-corrected chi connectivity index (χ3v) is 4.73. The number of likely N-dealkylation sites (tertiary alicyclic amines) is 1. The minimum absolute atomic E-state index is 0.0608. The molecule has 3 rings (SSSR count). The molecule has 0 bridgehead atoms. The fraction of sp³-hybridized carbons (Fsp3) is 0.786. The molecular weight excluding hydrogens is 212 g/mol. The van der Waals surface area contributed by atoms with E-state index in [0.717, 1.165) is 18.9 Å². The number of hydrogen-bond acceptors (Lipinski definition) is 2. The summed E-state index contributed by atoms with van der Waals surface area (Å²) >= 11 is 0. The first-order chi connectivity index (χ1) is 8.25. The second kappa shape index (κ2) is 4.45. The average molecular weight is 234 g/mol. The van der Waals surface area contributed by atoms with E-state index in [9.17, 15) is 4.79 Å². The van der Waals surface area contributed by atoms with Crippen molar-refractivity contribution in [3.05, 3.63) is 12.2 Å². The van der Waals surface area contributed by atoms with Crippen LogP contribution < -0.4 is 5.73 Å². The van der Waals surface area contributed by atoms with Crippen LogP contribution in [-0.4, -0.2) is 29.4 Å². The molecule has 0 aromatic carbocycles. The highest BCUT2D eigenvalue weighted by atomic mass is 16.2. The maximum absolute atomic E-state index is 12.5. The van der Waals surface area contributed by atoms with Gasteiger partial charge in [-0.2, -0.15) is 0 Å². The quantitative estimate of drug-likeness (QED) is 0.702. The summed E-state index contributed by atoms with van der Waals surface area (Å²) in [5.74, 6) is 1.18. The predicted molar refractivity (Wildman–Crippen MR) is 67.3 cm³/mol. The van der Waals surface area contributed by atoms with Crippen LogP contribution in [-0.2, 0) is 4.79 Å². The molecule has 0 aromatic heterocycles. The number of amides is 1. The molecule has 2 N–H and O–H groups in total. The van der Waals surface area contributed by atoms with Crippen LogP contribution in [0.5, 0.6) is 0 Å². The lowest BCUT2D eigenvalue weighted by Crippen LogP contribution is -2.42. The van der Waals surface area contributed by atoms with Crippen LogP contribution in [0, 0.1) is 11.8 Å². The van der Waals surface area contributed by atoms with Crippen molar-refractivity contribution in [1.29, 1.82) is 0 Å². The minimum atomic E-state index is 0.0608. The van der Waals surface area contributed by atoms with Crippen molar-refractivity contribution in [3.8, 4) is 0 Å². The highest BCUT2D eigenvalue weighted by Crippen LogP contribution is 2.37. The van der Waals surface area contributed by atoms with Gasteiger partial charge in [0, 0.05) is 18.6 Å². The summed E-state index contributed by atoms with van der Waals surface area (Å²) < 4.78 is 0. The average Bonchev–Trinajstić information content (AvgIpc) is 2.94. The Morgan fingerprint density at radius 2 is 2.00 bits per heavy atom. The molecule has 94 valence electrons. The molecule has 3 heteroatoms. The first-order valence-electron chi connectivity index (χ1n) is 7.00. The highest BCUT2D eigenvalue weighted by Gasteiger charge is 2.40. The maximum atomic E-state index is 12.5. The van der Waals surface area contributed by atoms with Gasteiger partial charge in [0.15, 0.2) is 0 Å². The molecule has 1 saturated heterocycles. The monoisotopic (exact) mass is 234 g/mol. The van der Waals surface area contributed by atoms with Crippen LogP contribution in [0.15, 0.2) is 12.2 Å². The fourth-order valence-electron chi connectivity index (χ4n) is 3.80. The van der Waals surface area contributed by atoms with Gasteiger partial charge in [-0.05, 0) is 31.6 Å². The zero-order valence-electron chi connectivity index (χ0n) is 10.3. The third-order valence-electron chi connectivity index (χ3n) is 4.73. The van der Waals surface area contributed by atoms with Gasteiger partial charge in [0.25, 0.3) is 0 Å². The van der Waals surface area contributed by atoms with Gasteiger partial charge < -0.3 is 10.6 Å². The fourth-order valence-corrected chi connectivity index (χ4v) is 3.80. The van der Waals surface area contributed by atoms with Crippen LogP contribution in [0.1, 0.15) is 38.5 Å². The molecular formula is C14H22N2O. The van der Waals surface area contributed by atoms with Gasteiger partial charge >= 0.3 is 0 Å². The van der Waals surface area contributed by atoms with E-state index in [0.29, 0.717) is 11.9 Å². The highest BCUT2D eigenvalue weighted by molar-refractivity contribution is 5.81. The van der Waals surface area contributed by atoms with Gasteiger partial charge in [-0.3, -0.25) is 4.79 Å². The molecule has 0 radical (unpaired) electrons. The van der Waals surface area contributed by atoms with E-state index in [1.165, 1.54) is 32.1 Å². The van der Waals surface area contributed by atoms with E-state index in [1.807, 2.05) is 12.2 Å². The zero-order valence-corrected chi connectivity index (χ0v) is 10.3. The van der Waals surface area contributed by atoms with Crippen LogP contribution in [0.2, 0.25) is 0 Å². The standard InChI is InChI=1S/C14H22N2O/c15-12-6-5-11(9-12)14(17)16-8-7-10-3-1-2-4-13(10)16/h5-6,10-13H,1-4,7-9,15H2. The second-order valence-electron chi connectivity index (χ2n) is 5.82. The molecule has 0 spiro atoms. The van der Waals surface area contributed by atoms with Crippen LogP contribution in [0.25, 0.3) is 0 Å². The lowest BCUT2D eigenvalue weighted by molar-refractivity contribution is -0.135. The summed E-state index contributed by atoms with van der Waals surface area (Å²) in [6.07, 6.45) is 11.2. The normalized spacial score (nSPS) is 40.6. The molecule has 4 atom stereocenters. The molecule has 4 unspecified atom stereocenters. The van der Waals surface area contributed by atoms with Gasteiger partial charge in [-0.1, -0.05) is 25.0 Å². The lowest BCUT2D eigenvalue weighted by Gasteiger charge is -2.33. The molecule has 2 aliphatic carbocycles. The molecule has 3 aliphatic rings. The molecule has 17 heavy (non-hydrogen) atoms. The van der Waals surface area contributed by atoms with E-state index in [-0.39, 0.29) is 12.0 Å². The Morgan fingerprint density at radius 1 is 1.18 bits per heavy atom. The number of nitrogens with two attached hydrogens (primary N) is 1. The van der Waals surface area contributed by atoms with Crippen molar-refractivity contribution in [3.63, 3.8) is 0 Å². The van der Waals surface area contributed by atoms with Crippen molar-refractivity contribution >= 4 is 5.91 Å². The van der Waals surface area contributed by atoms with Crippen molar-refractivity contribution < 1.29 is 4.79 Å². The molecule has 1 heterocycles. The third kappa shape index (κ3) is 2.01. The summed E-state index contributed by atoms with van der Waals surface area (Å²) in [6, 6.07) is 0.634. The van der Waals surface area contributed by atoms with Crippen molar-refractivity contribution in [2.24, 2.45) is 17.6 Å². The smallest absolute Gasteiger partial charge is 0.229 e. The molecule has 1 aliphatic heterocycles. The summed E-state index contributed by atoms with van der Waals surface area (Å²) in [5.41, 5.74) is 5.84. The molecule has 1 amide bonds. The Kier molecular flexibility index (Phi) is 2.95. The Morgan fingerprint density at radius 3 is 2.76 bits per heavy atom. The number of carbonyl (C=O) groups is 1. The van der Waals surface area contributed by atoms with Crippen molar-refractivity contribution in [1.82, 2.24) is 4.90 Å². The number of fused-ring (bicyclic) bond motifs is 1. The largest absolute Gasteiger partial charge is 0.339 e. The SMILES string of the molecule is NC1C=CC(C(=O)N2CCC3CCCCC32)C1. The zero-order chi connectivity index (χ0) is 11.8. The number of carbonyl (C=O) groups excluding carboxylic acids is 1. The first kappa shape index (κ1) is 11.3. The second-order valence-corrected chi connectivity index (χ2v) is 5.82. The lowest BCUT2D eigenvalue weighted by atomic mass is 9.85. The number of hydrogen-bond donors (Lipinski definition) is 1. The van der Waals surface area contributed by atoms with E-state index < -0.39 is 0 Å². The Labute approximate surface area is 103 Å². The molecule has 1 saturated carbocycles. The van der Waals surface area contributed by atoms with Crippen LogP contribution in [0.4, 0.5) is 0 Å². The van der Waals surface area contributed by atoms with Gasteiger partial charge in [0.2, 0.25) is 5.91 Å². The summed E-state index contributed by atoms with van der Waals surface area (Å²) in [4.78, 5) is 14.6. The predicted octanol–water partition coefficient (Wildman–Crippen LogP) is 1.68. The topological polar surface area (TPSA) is 46.3 Å². The first-order valence-corrected chi connectivity index (χ1v) is 7.00. The maximum Gasteiger partial charge on any atom is 0.229 e. The van der Waals surface area contributed by atoms with Gasteiger partial charge in [0.05, 0.1) is 5.92 Å². The Hall–Kier alpha value is -0.830. The summed E-state index contributed by atoms with van der Waals surface area (Å²) in [6.45, 7) is 0.980. The molecule has 3 nitrogen and oxygen atoms in total. The Balaban J connectivity index is 1.68. The van der Waals surface area contributed by atoms with E-state index in [4.69, 9.17) is 5.73 Å². The van der Waals surface area contributed by atoms with Gasteiger partial charge in [0.1, 0.15) is 0 Å². The minimum Gasteiger partial charge on any atom is -0.339 e. The van der Waals surface area contributed by atoms with Crippen LogP contribution >= 0.6 is 0 Å². The number of nitrogens with zero attached hydrogens (tertiary/aromatic N) is 1. The summed E-state index contributed by atoms with van der Waals surface area (Å²) in [5, 5.41) is 0.